The van der Waals surface area contributed by atoms with Crippen LogP contribution in [0.2, 0.25) is 0 Å². The Morgan fingerprint density at radius 3 is 3.04 bits per heavy atom. The van der Waals surface area contributed by atoms with Gasteiger partial charge in [-0.05, 0) is 40.9 Å². The Morgan fingerprint density at radius 1 is 1.22 bits per heavy atom. The summed E-state index contributed by atoms with van der Waals surface area (Å²) in [6.07, 6.45) is 3.33. The average Bonchev–Trinajstić information content (AvgIpc) is 3.23. The lowest BCUT2D eigenvalue weighted by Crippen LogP contribution is -2.49. The lowest BCUT2D eigenvalue weighted by atomic mass is 10.1. The molecule has 4 nitrogen and oxygen atoms in total. The second-order valence-electron chi connectivity index (χ2n) is 6.51. The fourth-order valence-corrected chi connectivity index (χ4v) is 4.31. The maximum absolute atomic E-state index is 6.10. The van der Waals surface area contributed by atoms with E-state index >= 15 is 0 Å². The highest BCUT2D eigenvalue weighted by Gasteiger charge is 2.36. The molecule has 0 aliphatic carbocycles. The highest BCUT2D eigenvalue weighted by molar-refractivity contribution is 7.07. The van der Waals surface area contributed by atoms with Gasteiger partial charge in [0.2, 0.25) is 0 Å². The van der Waals surface area contributed by atoms with Gasteiger partial charge < -0.3 is 4.74 Å². The zero-order valence-electron chi connectivity index (χ0n) is 13.3. The van der Waals surface area contributed by atoms with Crippen LogP contribution in [0.25, 0.3) is 0 Å². The predicted octanol–water partition coefficient (Wildman–Crippen LogP) is 2.62. The van der Waals surface area contributed by atoms with Crippen molar-refractivity contribution in [3.8, 4) is 0 Å². The Bertz CT molecular complexity index is 604. The first-order valence-electron chi connectivity index (χ1n) is 8.36. The zero-order chi connectivity index (χ0) is 15.5. The molecule has 0 N–H and O–H groups in total. The van der Waals surface area contributed by atoms with Crippen LogP contribution >= 0.6 is 11.3 Å². The van der Waals surface area contributed by atoms with Gasteiger partial charge in [-0.1, -0.05) is 6.07 Å². The Labute approximate surface area is 141 Å². The third-order valence-corrected chi connectivity index (χ3v) is 5.57. The molecule has 0 amide bonds. The van der Waals surface area contributed by atoms with Gasteiger partial charge in [0.25, 0.3) is 0 Å². The van der Waals surface area contributed by atoms with E-state index in [2.05, 4.69) is 31.6 Å². The van der Waals surface area contributed by atoms with E-state index in [9.17, 15) is 0 Å². The topological polar surface area (TPSA) is 28.6 Å². The van der Waals surface area contributed by atoms with Gasteiger partial charge in [0.15, 0.2) is 0 Å². The molecule has 4 rings (SSSR count). The molecular weight excluding hydrogens is 306 g/mol. The Kier molecular flexibility index (Phi) is 4.71. The van der Waals surface area contributed by atoms with Crippen molar-refractivity contribution in [2.24, 2.45) is 0 Å². The van der Waals surface area contributed by atoms with Crippen LogP contribution < -0.4 is 0 Å². The molecule has 5 heteroatoms. The quantitative estimate of drug-likeness (QED) is 0.843. The number of ether oxygens (including phenoxy) is 1. The molecule has 0 unspecified atom stereocenters. The number of nitrogens with zero attached hydrogens (tertiary/aromatic N) is 3. The molecule has 2 atom stereocenters. The van der Waals surface area contributed by atoms with E-state index in [1.807, 2.05) is 24.4 Å². The number of rotatable bonds is 5. The molecule has 122 valence electrons. The Hall–Kier alpha value is -1.27. The summed E-state index contributed by atoms with van der Waals surface area (Å²) in [6, 6.07) is 8.89. The summed E-state index contributed by atoms with van der Waals surface area (Å²) in [5, 5.41) is 4.43. The van der Waals surface area contributed by atoms with E-state index in [-0.39, 0.29) is 0 Å². The maximum Gasteiger partial charge on any atom is 0.0892 e. The van der Waals surface area contributed by atoms with Crippen LogP contribution in [0.1, 0.15) is 17.7 Å². The molecule has 2 fully saturated rings. The molecule has 0 aromatic carbocycles. The van der Waals surface area contributed by atoms with Crippen molar-refractivity contribution in [1.29, 1.82) is 0 Å². The maximum atomic E-state index is 6.10. The van der Waals surface area contributed by atoms with E-state index in [0.29, 0.717) is 18.8 Å². The number of pyridine rings is 1. The molecule has 0 saturated carbocycles. The molecule has 4 heterocycles. The van der Waals surface area contributed by atoms with Crippen molar-refractivity contribution < 1.29 is 4.74 Å². The van der Waals surface area contributed by atoms with Gasteiger partial charge in [-0.25, -0.2) is 0 Å². The number of piperazine rings is 1. The van der Waals surface area contributed by atoms with Crippen LogP contribution in [0.4, 0.5) is 0 Å². The molecule has 0 radical (unpaired) electrons. The summed E-state index contributed by atoms with van der Waals surface area (Å²) in [7, 11) is 0. The fraction of sp³-hybridized carbons (Fsp3) is 0.500. The lowest BCUT2D eigenvalue weighted by molar-refractivity contribution is 0.0440. The first-order valence-corrected chi connectivity index (χ1v) is 9.30. The van der Waals surface area contributed by atoms with Crippen molar-refractivity contribution in [2.45, 2.75) is 31.7 Å². The minimum absolute atomic E-state index is 0.350. The van der Waals surface area contributed by atoms with Crippen molar-refractivity contribution in [1.82, 2.24) is 14.8 Å². The van der Waals surface area contributed by atoms with E-state index in [1.165, 1.54) is 18.7 Å². The first kappa shape index (κ1) is 15.3. The van der Waals surface area contributed by atoms with E-state index < -0.39 is 0 Å². The monoisotopic (exact) mass is 329 g/mol. The zero-order valence-corrected chi connectivity index (χ0v) is 14.1. The fourth-order valence-electron chi connectivity index (χ4n) is 3.65. The summed E-state index contributed by atoms with van der Waals surface area (Å²) in [5.41, 5.74) is 2.47. The molecule has 2 saturated heterocycles. The lowest BCUT2D eigenvalue weighted by Gasteiger charge is -2.37. The summed E-state index contributed by atoms with van der Waals surface area (Å²) in [6.45, 7) is 6.29. The molecule has 2 aromatic heterocycles. The van der Waals surface area contributed by atoms with Crippen LogP contribution in [0.5, 0.6) is 0 Å². The second kappa shape index (κ2) is 7.09. The van der Waals surface area contributed by atoms with Crippen LogP contribution in [0, 0.1) is 0 Å². The van der Waals surface area contributed by atoms with E-state index in [4.69, 9.17) is 4.74 Å². The van der Waals surface area contributed by atoms with Gasteiger partial charge in [0, 0.05) is 45.0 Å². The minimum Gasteiger partial charge on any atom is -0.371 e. The van der Waals surface area contributed by atoms with Gasteiger partial charge in [0.05, 0.1) is 18.4 Å². The highest BCUT2D eigenvalue weighted by Crippen LogP contribution is 2.25. The number of aromatic nitrogens is 1. The van der Waals surface area contributed by atoms with E-state index in [0.717, 1.165) is 31.7 Å². The minimum atomic E-state index is 0.350. The van der Waals surface area contributed by atoms with Gasteiger partial charge in [-0.15, -0.1) is 0 Å². The van der Waals surface area contributed by atoms with Crippen molar-refractivity contribution in [3.63, 3.8) is 0 Å². The van der Waals surface area contributed by atoms with Crippen LogP contribution in [0.3, 0.4) is 0 Å². The molecule has 23 heavy (non-hydrogen) atoms. The van der Waals surface area contributed by atoms with Crippen LogP contribution in [-0.2, 0) is 17.9 Å². The van der Waals surface area contributed by atoms with Gasteiger partial charge in [-0.2, -0.15) is 11.3 Å². The number of fused-ring (bicyclic) bond motifs is 1. The van der Waals surface area contributed by atoms with Crippen molar-refractivity contribution in [3.05, 3.63) is 52.5 Å². The average molecular weight is 329 g/mol. The van der Waals surface area contributed by atoms with Crippen molar-refractivity contribution >= 4 is 11.3 Å². The number of thiophene rings is 1. The molecule has 0 bridgehead atoms. The summed E-state index contributed by atoms with van der Waals surface area (Å²) in [4.78, 5) is 9.53. The molecule has 2 aromatic rings. The van der Waals surface area contributed by atoms with Crippen LogP contribution in [0.15, 0.2) is 41.2 Å². The third-order valence-electron chi connectivity index (χ3n) is 4.84. The second-order valence-corrected chi connectivity index (χ2v) is 7.29. The SMILES string of the molecule is c1ccc(CO[C@@H]2C[C@H]3CN(Cc4ccsc4)CCN3C2)nc1. The summed E-state index contributed by atoms with van der Waals surface area (Å²) in [5.74, 6) is 0. The molecule has 2 aliphatic rings. The molecular formula is C18H23N3OS. The summed E-state index contributed by atoms with van der Waals surface area (Å²) >= 11 is 1.79. The molecule has 0 spiro atoms. The Balaban J connectivity index is 1.27. The number of hydrogen-bond donors (Lipinski definition) is 0. The van der Waals surface area contributed by atoms with Gasteiger partial charge >= 0.3 is 0 Å². The first-order chi connectivity index (χ1) is 11.4. The van der Waals surface area contributed by atoms with Crippen LogP contribution in [-0.4, -0.2) is 53.1 Å². The highest BCUT2D eigenvalue weighted by atomic mass is 32.1. The largest absolute Gasteiger partial charge is 0.371 e. The smallest absolute Gasteiger partial charge is 0.0892 e. The third kappa shape index (κ3) is 3.80. The summed E-state index contributed by atoms with van der Waals surface area (Å²) < 4.78 is 6.10. The standard InChI is InChI=1S/C18H23N3OS/c1-2-5-19-16(3-1)13-22-18-9-17-11-20(6-7-21(17)12-18)10-15-4-8-23-14-15/h1-5,8,14,17-18H,6-7,9-13H2/t17-,18+/m0/s1. The van der Waals surface area contributed by atoms with Crippen molar-refractivity contribution in [2.75, 3.05) is 26.2 Å². The predicted molar refractivity (Wildman–Crippen MR) is 92.4 cm³/mol. The number of hydrogen-bond acceptors (Lipinski definition) is 5. The van der Waals surface area contributed by atoms with E-state index in [1.54, 1.807) is 11.3 Å². The Morgan fingerprint density at radius 2 is 2.22 bits per heavy atom. The van der Waals surface area contributed by atoms with Gasteiger partial charge in [-0.3, -0.25) is 14.8 Å². The molecule has 2 aliphatic heterocycles. The normalized spacial score (nSPS) is 25.6. The van der Waals surface area contributed by atoms with Gasteiger partial charge in [0.1, 0.15) is 0 Å².